The molecule has 1 nitrogen and oxygen atoms in total. The molecule has 0 saturated heterocycles. The molecule has 0 amide bonds. The fourth-order valence-electron chi connectivity index (χ4n) is 1.82. The largest absolute Gasteiger partial charge is 0.298 e. The summed E-state index contributed by atoms with van der Waals surface area (Å²) in [5, 5.41) is 3.33. The number of benzene rings is 1. The maximum atomic E-state index is 11.0. The lowest BCUT2D eigenvalue weighted by Crippen LogP contribution is -1.94. The summed E-state index contributed by atoms with van der Waals surface area (Å²) in [5.41, 5.74) is 3.16. The van der Waals surface area contributed by atoms with E-state index < -0.39 is 0 Å². The molecule has 14 heavy (non-hydrogen) atoms. The van der Waals surface area contributed by atoms with Gasteiger partial charge in [0.25, 0.3) is 0 Å². The molecule has 0 unspecified atom stereocenters. The topological polar surface area (TPSA) is 17.1 Å². The van der Waals surface area contributed by atoms with Crippen LogP contribution in [0, 0.1) is 6.92 Å². The summed E-state index contributed by atoms with van der Waals surface area (Å²) >= 11 is 1.70. The SMILES string of the molecule is CCc1cc2ccsc2c(C)c1C=O. The Morgan fingerprint density at radius 1 is 1.50 bits per heavy atom. The highest BCUT2D eigenvalue weighted by molar-refractivity contribution is 7.17. The minimum atomic E-state index is 0.877. The molecule has 0 saturated carbocycles. The summed E-state index contributed by atoms with van der Waals surface area (Å²) in [6.07, 6.45) is 1.90. The van der Waals surface area contributed by atoms with Crippen molar-refractivity contribution in [1.29, 1.82) is 0 Å². The zero-order valence-corrected chi connectivity index (χ0v) is 9.15. The van der Waals surface area contributed by atoms with Gasteiger partial charge in [-0.25, -0.2) is 0 Å². The van der Waals surface area contributed by atoms with Crippen molar-refractivity contribution in [2.24, 2.45) is 0 Å². The van der Waals surface area contributed by atoms with Gasteiger partial charge in [0.05, 0.1) is 0 Å². The van der Waals surface area contributed by atoms with Gasteiger partial charge in [0.2, 0.25) is 0 Å². The van der Waals surface area contributed by atoms with Gasteiger partial charge < -0.3 is 0 Å². The quantitative estimate of drug-likeness (QED) is 0.683. The van der Waals surface area contributed by atoms with Crippen LogP contribution >= 0.6 is 11.3 Å². The predicted octanol–water partition coefficient (Wildman–Crippen LogP) is 3.58. The molecular weight excluding hydrogens is 192 g/mol. The second kappa shape index (κ2) is 3.54. The van der Waals surface area contributed by atoms with Gasteiger partial charge in [0, 0.05) is 10.3 Å². The molecule has 0 aliphatic rings. The second-order valence-corrected chi connectivity index (χ2v) is 4.30. The van der Waals surface area contributed by atoms with Crippen molar-refractivity contribution < 1.29 is 4.79 Å². The smallest absolute Gasteiger partial charge is 0.150 e. The van der Waals surface area contributed by atoms with Gasteiger partial charge in [-0.1, -0.05) is 6.92 Å². The third-order valence-corrected chi connectivity index (χ3v) is 3.66. The highest BCUT2D eigenvalue weighted by Gasteiger charge is 2.08. The van der Waals surface area contributed by atoms with Crippen LogP contribution in [0.5, 0.6) is 0 Å². The number of hydrogen-bond donors (Lipinski definition) is 0. The van der Waals surface area contributed by atoms with Crippen LogP contribution in [0.1, 0.15) is 28.4 Å². The van der Waals surface area contributed by atoms with Crippen LogP contribution in [0.25, 0.3) is 10.1 Å². The van der Waals surface area contributed by atoms with Gasteiger partial charge >= 0.3 is 0 Å². The van der Waals surface area contributed by atoms with Crippen LogP contribution in [-0.4, -0.2) is 6.29 Å². The first kappa shape index (κ1) is 9.41. The summed E-state index contributed by atoms with van der Waals surface area (Å²) in [6.45, 7) is 4.11. The van der Waals surface area contributed by atoms with Crippen molar-refractivity contribution in [2.75, 3.05) is 0 Å². The molecular formula is C12H12OS. The van der Waals surface area contributed by atoms with Crippen LogP contribution < -0.4 is 0 Å². The van der Waals surface area contributed by atoms with Crippen LogP contribution in [-0.2, 0) is 6.42 Å². The van der Waals surface area contributed by atoms with E-state index in [0.29, 0.717) is 0 Å². The number of aldehydes is 1. The van der Waals surface area contributed by atoms with Crippen molar-refractivity contribution >= 4 is 27.7 Å². The number of thiophene rings is 1. The molecule has 72 valence electrons. The molecule has 0 spiro atoms. The molecule has 2 rings (SSSR count). The summed E-state index contributed by atoms with van der Waals surface area (Å²) < 4.78 is 1.24. The van der Waals surface area contributed by atoms with E-state index in [9.17, 15) is 4.79 Å². The predicted molar refractivity (Wildman–Crippen MR) is 61.3 cm³/mol. The Labute approximate surface area is 87.4 Å². The molecule has 0 radical (unpaired) electrons. The van der Waals surface area contributed by atoms with Crippen molar-refractivity contribution in [3.63, 3.8) is 0 Å². The van der Waals surface area contributed by atoms with Crippen molar-refractivity contribution in [3.05, 3.63) is 34.2 Å². The molecule has 1 aromatic heterocycles. The Bertz CT molecular complexity index is 482. The highest BCUT2D eigenvalue weighted by Crippen LogP contribution is 2.29. The average molecular weight is 204 g/mol. The Balaban J connectivity index is 2.85. The fourth-order valence-corrected chi connectivity index (χ4v) is 2.72. The zero-order valence-electron chi connectivity index (χ0n) is 8.33. The number of fused-ring (bicyclic) bond motifs is 1. The molecule has 2 aromatic rings. The monoisotopic (exact) mass is 204 g/mol. The number of carbonyl (C=O) groups excluding carboxylic acids is 1. The van der Waals surface area contributed by atoms with Crippen LogP contribution in [0.15, 0.2) is 17.5 Å². The first-order valence-electron chi connectivity index (χ1n) is 4.72. The standard InChI is InChI=1S/C12H12OS/c1-3-9-6-10-4-5-14-12(10)8(2)11(9)7-13/h4-7H,3H2,1-2H3. The number of hydrogen-bond acceptors (Lipinski definition) is 2. The maximum Gasteiger partial charge on any atom is 0.150 e. The van der Waals surface area contributed by atoms with E-state index in [1.165, 1.54) is 10.1 Å². The molecule has 0 bridgehead atoms. The minimum Gasteiger partial charge on any atom is -0.298 e. The summed E-state index contributed by atoms with van der Waals surface area (Å²) in [5.74, 6) is 0. The van der Waals surface area contributed by atoms with Gasteiger partial charge in [-0.3, -0.25) is 4.79 Å². The lowest BCUT2D eigenvalue weighted by molar-refractivity contribution is 0.112. The van der Waals surface area contributed by atoms with Crippen LogP contribution in [0.4, 0.5) is 0 Å². The molecule has 0 atom stereocenters. The fraction of sp³-hybridized carbons (Fsp3) is 0.250. The molecule has 0 fully saturated rings. The second-order valence-electron chi connectivity index (χ2n) is 3.38. The van der Waals surface area contributed by atoms with Crippen LogP contribution in [0.3, 0.4) is 0 Å². The zero-order chi connectivity index (χ0) is 10.1. The number of carbonyl (C=O) groups is 1. The van der Waals surface area contributed by atoms with Gasteiger partial charge in [0.15, 0.2) is 6.29 Å². The molecule has 0 aliphatic carbocycles. The molecule has 1 heterocycles. The molecule has 0 aliphatic heterocycles. The Morgan fingerprint density at radius 2 is 2.29 bits per heavy atom. The van der Waals surface area contributed by atoms with Gasteiger partial charge in [-0.2, -0.15) is 0 Å². The lowest BCUT2D eigenvalue weighted by Gasteiger charge is -2.06. The van der Waals surface area contributed by atoms with E-state index in [-0.39, 0.29) is 0 Å². The summed E-state index contributed by atoms with van der Waals surface area (Å²) in [4.78, 5) is 11.0. The first-order valence-corrected chi connectivity index (χ1v) is 5.60. The van der Waals surface area contributed by atoms with E-state index in [2.05, 4.69) is 24.4 Å². The average Bonchev–Trinajstić information content (AvgIpc) is 2.65. The van der Waals surface area contributed by atoms with E-state index in [4.69, 9.17) is 0 Å². The summed E-state index contributed by atoms with van der Waals surface area (Å²) in [7, 11) is 0. The van der Waals surface area contributed by atoms with Gasteiger partial charge in [-0.05, 0) is 47.4 Å². The lowest BCUT2D eigenvalue weighted by atomic mass is 9.99. The Kier molecular flexibility index (Phi) is 2.38. The number of rotatable bonds is 2. The molecule has 2 heteroatoms. The first-order chi connectivity index (χ1) is 6.77. The summed E-state index contributed by atoms with van der Waals surface area (Å²) in [6, 6.07) is 4.24. The van der Waals surface area contributed by atoms with Gasteiger partial charge in [-0.15, -0.1) is 11.3 Å². The van der Waals surface area contributed by atoms with E-state index in [1.54, 1.807) is 11.3 Å². The minimum absolute atomic E-state index is 0.877. The third-order valence-electron chi connectivity index (χ3n) is 2.61. The van der Waals surface area contributed by atoms with Crippen LogP contribution in [0.2, 0.25) is 0 Å². The van der Waals surface area contributed by atoms with Crippen molar-refractivity contribution in [3.8, 4) is 0 Å². The van der Waals surface area contributed by atoms with Gasteiger partial charge in [0.1, 0.15) is 0 Å². The van der Waals surface area contributed by atoms with Crippen molar-refractivity contribution in [1.82, 2.24) is 0 Å². The van der Waals surface area contributed by atoms with E-state index >= 15 is 0 Å². The Morgan fingerprint density at radius 3 is 2.93 bits per heavy atom. The number of aryl methyl sites for hydroxylation is 2. The highest BCUT2D eigenvalue weighted by atomic mass is 32.1. The van der Waals surface area contributed by atoms with Crippen molar-refractivity contribution in [2.45, 2.75) is 20.3 Å². The molecule has 0 N–H and O–H groups in total. The maximum absolute atomic E-state index is 11.0. The molecule has 1 aromatic carbocycles. The van der Waals surface area contributed by atoms with E-state index in [0.717, 1.165) is 29.4 Å². The normalized spacial score (nSPS) is 10.7. The Hall–Kier alpha value is -1.15. The van der Waals surface area contributed by atoms with E-state index in [1.807, 2.05) is 6.92 Å². The third kappa shape index (κ3) is 1.26.